The van der Waals surface area contributed by atoms with Crippen molar-refractivity contribution in [2.24, 2.45) is 0 Å². The minimum absolute atomic E-state index is 0.253. The maximum absolute atomic E-state index is 13.9. The Hall–Kier alpha value is -5.57. The Bertz CT molecular complexity index is 1680. The molecule has 5 rings (SSSR count). The minimum Gasteiger partial charge on any atom is -0.493 e. The number of hydrogen-bond acceptors (Lipinski definition) is 8. The van der Waals surface area contributed by atoms with Crippen LogP contribution in [-0.2, 0) is 0 Å². The number of anilines is 4. The lowest BCUT2D eigenvalue weighted by Crippen LogP contribution is -2.31. The highest BCUT2D eigenvalue weighted by molar-refractivity contribution is 5.98. The van der Waals surface area contributed by atoms with E-state index in [1.54, 1.807) is 57.9 Å². The molecule has 0 saturated carbocycles. The topological polar surface area (TPSA) is 95.0 Å². The van der Waals surface area contributed by atoms with Crippen molar-refractivity contribution in [1.82, 2.24) is 9.97 Å². The van der Waals surface area contributed by atoms with Crippen LogP contribution in [0.4, 0.5) is 27.9 Å². The second kappa shape index (κ2) is 12.9. The molecule has 0 unspecified atom stereocenters. The average molecular weight is 577 g/mol. The van der Waals surface area contributed by atoms with Gasteiger partial charge in [-0.25, -0.2) is 14.7 Å². The molecule has 0 bridgehead atoms. The summed E-state index contributed by atoms with van der Waals surface area (Å²) < 4.78 is 22.2. The molecule has 1 N–H and O–H groups in total. The fourth-order valence-corrected chi connectivity index (χ4v) is 4.77. The van der Waals surface area contributed by atoms with Crippen LogP contribution in [0.2, 0.25) is 0 Å². The van der Waals surface area contributed by atoms with Gasteiger partial charge in [0.2, 0.25) is 11.7 Å². The van der Waals surface area contributed by atoms with Crippen molar-refractivity contribution in [3.63, 3.8) is 0 Å². The molecule has 0 saturated heterocycles. The highest BCUT2D eigenvalue weighted by Gasteiger charge is 2.26. The fraction of sp³-hybridized carbons (Fsp3) is 0.147. The van der Waals surface area contributed by atoms with Gasteiger partial charge in [-0.15, -0.1) is 0 Å². The predicted molar refractivity (Wildman–Crippen MR) is 167 cm³/mol. The van der Waals surface area contributed by atoms with E-state index in [-0.39, 0.29) is 5.95 Å². The van der Waals surface area contributed by atoms with Crippen LogP contribution in [0.25, 0.3) is 11.1 Å². The van der Waals surface area contributed by atoms with E-state index in [4.69, 9.17) is 18.9 Å². The quantitative estimate of drug-likeness (QED) is 0.189. The summed E-state index contributed by atoms with van der Waals surface area (Å²) in [5.41, 5.74) is 5.14. The normalized spacial score (nSPS) is 10.5. The summed E-state index contributed by atoms with van der Waals surface area (Å²) in [5, 5.41) is 3.17. The van der Waals surface area contributed by atoms with Crippen LogP contribution < -0.4 is 29.2 Å². The number of para-hydroxylation sites is 1. The molecule has 0 radical (unpaired) electrons. The van der Waals surface area contributed by atoms with Crippen molar-refractivity contribution in [3.8, 4) is 34.1 Å². The molecule has 1 amide bonds. The summed E-state index contributed by atoms with van der Waals surface area (Å²) in [7, 11) is 4.63. The lowest BCUT2D eigenvalue weighted by atomic mass is 10.1. The molecule has 0 aliphatic heterocycles. The molecular weight excluding hydrogens is 544 g/mol. The molecule has 0 fully saturated rings. The van der Waals surface area contributed by atoms with Crippen LogP contribution >= 0.6 is 0 Å². The third-order valence-corrected chi connectivity index (χ3v) is 6.80. The smallest absolute Gasteiger partial charge is 0.425 e. The summed E-state index contributed by atoms with van der Waals surface area (Å²) in [6, 6.07) is 28.4. The van der Waals surface area contributed by atoms with Gasteiger partial charge < -0.3 is 24.3 Å². The first kappa shape index (κ1) is 28.9. The Morgan fingerprint density at radius 3 is 1.98 bits per heavy atom. The van der Waals surface area contributed by atoms with Gasteiger partial charge in [0, 0.05) is 30.1 Å². The van der Waals surface area contributed by atoms with E-state index in [1.165, 1.54) is 4.90 Å². The number of rotatable bonds is 9. The van der Waals surface area contributed by atoms with Gasteiger partial charge in [0.1, 0.15) is 11.6 Å². The van der Waals surface area contributed by atoms with Crippen molar-refractivity contribution in [2.75, 3.05) is 31.5 Å². The molecule has 9 nitrogen and oxygen atoms in total. The Balaban J connectivity index is 1.48. The van der Waals surface area contributed by atoms with Crippen LogP contribution in [0.3, 0.4) is 0 Å². The van der Waals surface area contributed by atoms with Gasteiger partial charge >= 0.3 is 6.09 Å². The van der Waals surface area contributed by atoms with Crippen molar-refractivity contribution >= 4 is 29.2 Å². The van der Waals surface area contributed by atoms with Crippen LogP contribution in [0, 0.1) is 13.8 Å². The Labute approximate surface area is 250 Å². The number of benzene rings is 4. The van der Waals surface area contributed by atoms with Crippen molar-refractivity contribution in [3.05, 3.63) is 108 Å². The standard InChI is InChI=1S/C34H32N4O5/c1-22-10-9-11-23(2)31(22)38(34(39)43-27-16-14-25(15-17-27)24-12-7-6-8-13-24)30-18-19-35-33(37-30)36-26-20-28(40-3)32(42-5)29(21-26)41-4/h6-21H,1-5H3,(H,35,36,37). The summed E-state index contributed by atoms with van der Waals surface area (Å²) >= 11 is 0. The first-order chi connectivity index (χ1) is 20.9. The summed E-state index contributed by atoms with van der Waals surface area (Å²) in [5.74, 6) is 2.40. The molecule has 218 valence electrons. The number of carbonyl (C=O) groups excluding carboxylic acids is 1. The highest BCUT2D eigenvalue weighted by atomic mass is 16.6. The maximum atomic E-state index is 13.9. The number of nitrogens with zero attached hydrogens (tertiary/aromatic N) is 3. The average Bonchev–Trinajstić information content (AvgIpc) is 3.03. The summed E-state index contributed by atoms with van der Waals surface area (Å²) in [6.45, 7) is 3.88. The summed E-state index contributed by atoms with van der Waals surface area (Å²) in [6.07, 6.45) is 0.966. The molecule has 1 aromatic heterocycles. The third-order valence-electron chi connectivity index (χ3n) is 6.80. The number of carbonyl (C=O) groups is 1. The number of aromatic nitrogens is 2. The maximum Gasteiger partial charge on any atom is 0.425 e. The number of amides is 1. The number of hydrogen-bond donors (Lipinski definition) is 1. The van der Waals surface area contributed by atoms with E-state index in [0.717, 1.165) is 22.3 Å². The Kier molecular flexibility index (Phi) is 8.71. The number of aryl methyl sites for hydroxylation is 2. The van der Waals surface area contributed by atoms with Crippen LogP contribution in [-0.4, -0.2) is 37.4 Å². The monoisotopic (exact) mass is 576 g/mol. The number of methoxy groups -OCH3 is 3. The molecule has 0 spiro atoms. The molecule has 1 heterocycles. The van der Waals surface area contributed by atoms with E-state index in [9.17, 15) is 4.79 Å². The van der Waals surface area contributed by atoms with Crippen LogP contribution in [0.15, 0.2) is 97.2 Å². The van der Waals surface area contributed by atoms with E-state index in [2.05, 4.69) is 15.3 Å². The van der Waals surface area contributed by atoms with E-state index < -0.39 is 6.09 Å². The van der Waals surface area contributed by atoms with Gasteiger partial charge in [-0.05, 0) is 48.2 Å². The van der Waals surface area contributed by atoms with Gasteiger partial charge in [0.25, 0.3) is 0 Å². The highest BCUT2D eigenvalue weighted by Crippen LogP contribution is 2.40. The molecule has 5 aromatic rings. The zero-order chi connectivity index (χ0) is 30.3. The predicted octanol–water partition coefficient (Wildman–Crippen LogP) is 7.87. The Morgan fingerprint density at radius 1 is 0.744 bits per heavy atom. The summed E-state index contributed by atoms with van der Waals surface area (Å²) in [4.78, 5) is 24.4. The third kappa shape index (κ3) is 6.36. The zero-order valence-electron chi connectivity index (χ0n) is 24.6. The second-order valence-corrected chi connectivity index (χ2v) is 9.61. The molecule has 0 aliphatic rings. The van der Waals surface area contributed by atoms with Gasteiger partial charge in [-0.1, -0.05) is 60.7 Å². The van der Waals surface area contributed by atoms with Crippen LogP contribution in [0.1, 0.15) is 11.1 Å². The second-order valence-electron chi connectivity index (χ2n) is 9.61. The van der Waals surface area contributed by atoms with Crippen molar-refractivity contribution in [2.45, 2.75) is 13.8 Å². The van der Waals surface area contributed by atoms with E-state index in [0.29, 0.717) is 40.2 Å². The molecule has 0 aliphatic carbocycles. The molecule has 4 aromatic carbocycles. The molecule has 9 heteroatoms. The van der Waals surface area contributed by atoms with Gasteiger partial charge in [-0.2, -0.15) is 4.98 Å². The van der Waals surface area contributed by atoms with Gasteiger partial charge in [-0.3, -0.25) is 0 Å². The van der Waals surface area contributed by atoms with Crippen LogP contribution in [0.5, 0.6) is 23.0 Å². The first-order valence-corrected chi connectivity index (χ1v) is 13.6. The van der Waals surface area contributed by atoms with E-state index in [1.807, 2.05) is 74.5 Å². The number of nitrogens with one attached hydrogen (secondary N) is 1. The molecule has 43 heavy (non-hydrogen) atoms. The van der Waals surface area contributed by atoms with Crippen molar-refractivity contribution < 1.29 is 23.7 Å². The first-order valence-electron chi connectivity index (χ1n) is 13.6. The van der Waals surface area contributed by atoms with Gasteiger partial charge in [0.15, 0.2) is 11.5 Å². The Morgan fingerprint density at radius 2 is 1.37 bits per heavy atom. The minimum atomic E-state index is -0.609. The molecule has 0 atom stereocenters. The van der Waals surface area contributed by atoms with Gasteiger partial charge in [0.05, 0.1) is 27.0 Å². The number of ether oxygens (including phenoxy) is 4. The fourth-order valence-electron chi connectivity index (χ4n) is 4.77. The molecular formula is C34H32N4O5. The van der Waals surface area contributed by atoms with E-state index >= 15 is 0 Å². The largest absolute Gasteiger partial charge is 0.493 e. The zero-order valence-corrected chi connectivity index (χ0v) is 24.6. The SMILES string of the molecule is COc1cc(Nc2nccc(N(C(=O)Oc3ccc(-c4ccccc4)cc3)c3c(C)cccc3C)n2)cc(OC)c1OC. The van der Waals surface area contributed by atoms with Crippen molar-refractivity contribution in [1.29, 1.82) is 0 Å². The lowest BCUT2D eigenvalue weighted by molar-refractivity contribution is 0.210. The lowest BCUT2D eigenvalue weighted by Gasteiger charge is -2.25.